The molecule has 0 unspecified atom stereocenters. The van der Waals surface area contributed by atoms with E-state index in [0.717, 1.165) is 39.0 Å². The molecule has 0 aromatic rings. The zero-order valence-electron chi connectivity index (χ0n) is 13.5. The van der Waals surface area contributed by atoms with E-state index in [-0.39, 0.29) is 50.2 Å². The largest absolute Gasteiger partial charge is 0.396 e. The van der Waals surface area contributed by atoms with Crippen molar-refractivity contribution >= 4 is 24.8 Å². The van der Waals surface area contributed by atoms with Gasteiger partial charge in [0.05, 0.1) is 12.2 Å². The lowest BCUT2D eigenvalue weighted by atomic mass is 9.96. The number of nitrogens with one attached hydrogen (secondary N) is 2. The molecule has 0 aromatic carbocycles. The highest BCUT2D eigenvalue weighted by atomic mass is 35.5. The molecule has 0 radical (unpaired) electrons. The van der Waals surface area contributed by atoms with Crippen LogP contribution in [0.25, 0.3) is 0 Å². The van der Waals surface area contributed by atoms with Crippen molar-refractivity contribution in [3.63, 3.8) is 0 Å². The van der Waals surface area contributed by atoms with Gasteiger partial charge in [-0.3, -0.25) is 0 Å². The Bertz CT molecular complexity index is 205. The molecule has 4 N–H and O–H groups in total. The third-order valence-corrected chi connectivity index (χ3v) is 4.20. The van der Waals surface area contributed by atoms with Gasteiger partial charge in [0.1, 0.15) is 0 Å². The molecule has 136 valence electrons. The Morgan fingerprint density at radius 1 is 0.818 bits per heavy atom. The quantitative estimate of drug-likeness (QED) is 0.565. The minimum absolute atomic E-state index is 0. The number of hydrogen-bond donors (Lipinski definition) is 4. The number of aliphatic hydroxyl groups excluding tert-OH is 2. The van der Waals surface area contributed by atoms with Gasteiger partial charge in [0.25, 0.3) is 0 Å². The molecule has 4 atom stereocenters. The minimum Gasteiger partial charge on any atom is -0.396 e. The average Bonchev–Trinajstić information content (AvgIpc) is 2.55. The number of hydrogen-bond acceptors (Lipinski definition) is 6. The smallest absolute Gasteiger partial charge is 0.0746 e. The van der Waals surface area contributed by atoms with Gasteiger partial charge in [-0.1, -0.05) is 0 Å². The number of halogens is 2. The molecular weight excluding hydrogens is 331 g/mol. The molecule has 2 aliphatic rings. The third kappa shape index (κ3) is 8.26. The number of methoxy groups -OCH3 is 2. The molecule has 2 fully saturated rings. The second-order valence-corrected chi connectivity index (χ2v) is 5.42. The number of aliphatic hydroxyl groups is 2. The van der Waals surface area contributed by atoms with Crippen LogP contribution in [0, 0.1) is 11.8 Å². The van der Waals surface area contributed by atoms with Crippen molar-refractivity contribution < 1.29 is 19.7 Å². The molecule has 0 spiro atoms. The van der Waals surface area contributed by atoms with Crippen molar-refractivity contribution in [1.29, 1.82) is 0 Å². The number of ether oxygens (including phenoxy) is 2. The van der Waals surface area contributed by atoms with Crippen molar-refractivity contribution in [2.24, 2.45) is 11.8 Å². The highest BCUT2D eigenvalue weighted by molar-refractivity contribution is 5.85. The monoisotopic (exact) mass is 362 g/mol. The van der Waals surface area contributed by atoms with Gasteiger partial charge in [-0.25, -0.2) is 0 Å². The zero-order valence-corrected chi connectivity index (χ0v) is 15.1. The topological polar surface area (TPSA) is 83.0 Å². The van der Waals surface area contributed by atoms with E-state index < -0.39 is 0 Å². The first-order chi connectivity index (χ1) is 9.76. The van der Waals surface area contributed by atoms with Gasteiger partial charge in [0.15, 0.2) is 0 Å². The van der Waals surface area contributed by atoms with Crippen molar-refractivity contribution in [2.75, 3.05) is 53.6 Å². The molecular formula is C14H32Cl2N2O4. The van der Waals surface area contributed by atoms with E-state index in [1.807, 2.05) is 0 Å². The first-order valence-corrected chi connectivity index (χ1v) is 7.45. The van der Waals surface area contributed by atoms with Gasteiger partial charge in [0, 0.05) is 52.4 Å². The first kappa shape index (κ1) is 24.6. The second-order valence-electron chi connectivity index (χ2n) is 5.42. The normalized spacial score (nSPS) is 31.1. The predicted molar refractivity (Wildman–Crippen MR) is 92.2 cm³/mol. The summed E-state index contributed by atoms with van der Waals surface area (Å²) in [5.41, 5.74) is 0. The SMILES string of the molecule is CO[C@@H]1CNCC[C@@H]1CO.CO[C@H]1CNCC[C@H]1CO.Cl.Cl. The van der Waals surface area contributed by atoms with Crippen molar-refractivity contribution in [3.05, 3.63) is 0 Å². The fraction of sp³-hybridized carbons (Fsp3) is 1.00. The Morgan fingerprint density at radius 2 is 1.18 bits per heavy atom. The Hall–Kier alpha value is 0.340. The molecule has 2 heterocycles. The van der Waals surface area contributed by atoms with Crippen LogP contribution >= 0.6 is 24.8 Å². The number of piperidine rings is 2. The Balaban J connectivity index is 0. The van der Waals surface area contributed by atoms with Crippen LogP contribution in [0.2, 0.25) is 0 Å². The lowest BCUT2D eigenvalue weighted by Gasteiger charge is -2.29. The molecule has 0 saturated carbocycles. The van der Waals surface area contributed by atoms with Crippen LogP contribution in [-0.2, 0) is 9.47 Å². The van der Waals surface area contributed by atoms with Crippen molar-refractivity contribution in [1.82, 2.24) is 10.6 Å². The maximum atomic E-state index is 8.88. The highest BCUT2D eigenvalue weighted by Gasteiger charge is 2.24. The van der Waals surface area contributed by atoms with Gasteiger partial charge >= 0.3 is 0 Å². The molecule has 8 heteroatoms. The molecule has 0 aromatic heterocycles. The lowest BCUT2D eigenvalue weighted by Crippen LogP contribution is -2.43. The third-order valence-electron chi connectivity index (χ3n) is 4.20. The zero-order chi connectivity index (χ0) is 14.8. The summed E-state index contributed by atoms with van der Waals surface area (Å²) in [5, 5.41) is 24.2. The highest BCUT2D eigenvalue weighted by Crippen LogP contribution is 2.14. The van der Waals surface area contributed by atoms with Gasteiger partial charge in [-0.15, -0.1) is 24.8 Å². The Labute approximate surface area is 146 Å². The maximum Gasteiger partial charge on any atom is 0.0746 e. The van der Waals surface area contributed by atoms with Crippen LogP contribution in [-0.4, -0.2) is 76.0 Å². The van der Waals surface area contributed by atoms with Crippen LogP contribution in [0.5, 0.6) is 0 Å². The van der Waals surface area contributed by atoms with Gasteiger partial charge < -0.3 is 30.3 Å². The van der Waals surface area contributed by atoms with Gasteiger partial charge in [0.2, 0.25) is 0 Å². The van der Waals surface area contributed by atoms with Crippen molar-refractivity contribution in [3.8, 4) is 0 Å². The van der Waals surface area contributed by atoms with E-state index in [0.29, 0.717) is 11.8 Å². The molecule has 0 amide bonds. The standard InChI is InChI=1S/2C7H15NO2.2ClH/c2*1-10-7-4-8-3-2-6(7)5-9;;/h2*6-9H,2-5H2,1H3;2*1H/t2*6-,7-;;/m10../s1. The summed E-state index contributed by atoms with van der Waals surface area (Å²) in [5.74, 6) is 0.678. The van der Waals surface area contributed by atoms with E-state index in [2.05, 4.69) is 10.6 Å². The first-order valence-electron chi connectivity index (χ1n) is 7.45. The molecule has 2 saturated heterocycles. The molecule has 0 aliphatic carbocycles. The van der Waals surface area contributed by atoms with E-state index in [1.165, 1.54) is 0 Å². The van der Waals surface area contributed by atoms with Crippen LogP contribution in [0.4, 0.5) is 0 Å². The summed E-state index contributed by atoms with van der Waals surface area (Å²) in [6.45, 7) is 4.26. The minimum atomic E-state index is 0. The van der Waals surface area contributed by atoms with Crippen LogP contribution in [0.15, 0.2) is 0 Å². The summed E-state index contributed by atoms with van der Waals surface area (Å²) >= 11 is 0. The molecule has 2 aliphatic heterocycles. The van der Waals surface area contributed by atoms with Crippen LogP contribution in [0.1, 0.15) is 12.8 Å². The summed E-state index contributed by atoms with van der Waals surface area (Å²) in [6.07, 6.45) is 2.46. The second kappa shape index (κ2) is 14.9. The molecule has 2 rings (SSSR count). The van der Waals surface area contributed by atoms with Crippen LogP contribution in [0.3, 0.4) is 0 Å². The predicted octanol–water partition coefficient (Wildman–Crippen LogP) is 0.0500. The van der Waals surface area contributed by atoms with Crippen molar-refractivity contribution in [2.45, 2.75) is 25.0 Å². The average molecular weight is 363 g/mol. The summed E-state index contributed by atoms with van der Waals surface area (Å²) < 4.78 is 10.3. The summed E-state index contributed by atoms with van der Waals surface area (Å²) in [6, 6.07) is 0. The van der Waals surface area contributed by atoms with E-state index in [1.54, 1.807) is 14.2 Å². The summed E-state index contributed by atoms with van der Waals surface area (Å²) in [7, 11) is 3.39. The van der Waals surface area contributed by atoms with E-state index >= 15 is 0 Å². The number of rotatable bonds is 4. The Morgan fingerprint density at radius 3 is 1.41 bits per heavy atom. The van der Waals surface area contributed by atoms with Crippen LogP contribution < -0.4 is 10.6 Å². The van der Waals surface area contributed by atoms with Gasteiger partial charge in [-0.2, -0.15) is 0 Å². The summed E-state index contributed by atoms with van der Waals surface area (Å²) in [4.78, 5) is 0. The fourth-order valence-corrected chi connectivity index (χ4v) is 2.74. The Kier molecular flexibility index (Phi) is 16.7. The maximum absolute atomic E-state index is 8.88. The van der Waals surface area contributed by atoms with Gasteiger partial charge in [-0.05, 0) is 25.9 Å². The fourth-order valence-electron chi connectivity index (χ4n) is 2.74. The molecule has 6 nitrogen and oxygen atoms in total. The lowest BCUT2D eigenvalue weighted by molar-refractivity contribution is 0.00942. The molecule has 22 heavy (non-hydrogen) atoms. The van der Waals surface area contributed by atoms with E-state index in [4.69, 9.17) is 19.7 Å². The van der Waals surface area contributed by atoms with E-state index in [9.17, 15) is 0 Å². The molecule has 0 bridgehead atoms.